The third-order valence-corrected chi connectivity index (χ3v) is 3.57. The van der Waals surface area contributed by atoms with E-state index in [1.165, 1.54) is 0 Å². The Morgan fingerprint density at radius 3 is 2.65 bits per heavy atom. The van der Waals surface area contributed by atoms with Gasteiger partial charge in [-0.25, -0.2) is 4.98 Å². The van der Waals surface area contributed by atoms with Crippen LogP contribution in [0.4, 0.5) is 0 Å². The summed E-state index contributed by atoms with van der Waals surface area (Å²) in [6, 6.07) is 13.2. The van der Waals surface area contributed by atoms with Crippen LogP contribution < -0.4 is 10.1 Å². The molecule has 5 heteroatoms. The van der Waals surface area contributed by atoms with Crippen molar-refractivity contribution in [3.8, 4) is 5.75 Å². The average molecular weight is 310 g/mol. The van der Waals surface area contributed by atoms with Crippen molar-refractivity contribution in [3.63, 3.8) is 0 Å². The Hall–Kier alpha value is -2.82. The molecule has 1 heterocycles. The van der Waals surface area contributed by atoms with Crippen LogP contribution in [0.2, 0.25) is 0 Å². The molecule has 0 aliphatic heterocycles. The molecule has 3 aromatic rings. The molecule has 2 aromatic carbocycles. The number of hydrogen-bond donors (Lipinski definition) is 1. The van der Waals surface area contributed by atoms with Gasteiger partial charge < -0.3 is 14.5 Å². The van der Waals surface area contributed by atoms with E-state index in [2.05, 4.69) is 10.3 Å². The minimum Gasteiger partial charge on any atom is -0.497 e. The first-order valence-electron chi connectivity index (χ1n) is 7.40. The molecule has 0 fully saturated rings. The number of hydrogen-bond acceptors (Lipinski definition) is 4. The highest BCUT2D eigenvalue weighted by Gasteiger charge is 2.07. The number of nitrogens with one attached hydrogen (secondary N) is 1. The molecular weight excluding hydrogens is 292 g/mol. The lowest BCUT2D eigenvalue weighted by Crippen LogP contribution is -2.24. The molecule has 5 nitrogen and oxygen atoms in total. The number of carbonyl (C=O) groups excluding carboxylic acids is 1. The first-order valence-corrected chi connectivity index (χ1v) is 7.40. The number of methoxy groups -OCH3 is 1. The van der Waals surface area contributed by atoms with E-state index in [0.717, 1.165) is 28.0 Å². The van der Waals surface area contributed by atoms with E-state index >= 15 is 0 Å². The largest absolute Gasteiger partial charge is 0.497 e. The second-order valence-electron chi connectivity index (χ2n) is 5.34. The van der Waals surface area contributed by atoms with Crippen molar-refractivity contribution >= 4 is 17.0 Å². The SMILES string of the molecule is COc1ccc(CNC(=O)Cc2ccc3oc(C)nc3c2)cc1. The zero-order valence-corrected chi connectivity index (χ0v) is 13.1. The predicted molar refractivity (Wildman–Crippen MR) is 87.3 cm³/mol. The van der Waals surface area contributed by atoms with Crippen LogP contribution >= 0.6 is 0 Å². The van der Waals surface area contributed by atoms with Gasteiger partial charge in [0, 0.05) is 13.5 Å². The Labute approximate surface area is 134 Å². The number of nitrogens with zero attached hydrogens (tertiary/aromatic N) is 1. The van der Waals surface area contributed by atoms with Gasteiger partial charge in [0.1, 0.15) is 11.3 Å². The zero-order chi connectivity index (χ0) is 16.2. The summed E-state index contributed by atoms with van der Waals surface area (Å²) in [7, 11) is 1.63. The Bertz CT molecular complexity index is 822. The molecule has 0 atom stereocenters. The molecule has 0 saturated carbocycles. The number of aryl methyl sites for hydroxylation is 1. The minimum absolute atomic E-state index is 0.0274. The lowest BCUT2D eigenvalue weighted by molar-refractivity contribution is -0.120. The van der Waals surface area contributed by atoms with Gasteiger partial charge in [-0.2, -0.15) is 0 Å². The number of fused-ring (bicyclic) bond motifs is 1. The Balaban J connectivity index is 1.59. The summed E-state index contributed by atoms with van der Waals surface area (Å²) in [6.45, 7) is 2.30. The highest BCUT2D eigenvalue weighted by Crippen LogP contribution is 2.17. The number of aromatic nitrogens is 1. The summed E-state index contributed by atoms with van der Waals surface area (Å²) in [5, 5.41) is 2.91. The highest BCUT2D eigenvalue weighted by atomic mass is 16.5. The maximum Gasteiger partial charge on any atom is 0.224 e. The lowest BCUT2D eigenvalue weighted by Gasteiger charge is -2.06. The molecule has 0 saturated heterocycles. The molecule has 1 aromatic heterocycles. The molecule has 0 aliphatic rings. The summed E-state index contributed by atoms with van der Waals surface area (Å²) in [6.07, 6.45) is 0.317. The normalized spacial score (nSPS) is 10.7. The maximum absolute atomic E-state index is 12.1. The van der Waals surface area contributed by atoms with E-state index in [1.54, 1.807) is 14.0 Å². The fraction of sp³-hybridized carbons (Fsp3) is 0.222. The van der Waals surface area contributed by atoms with Crippen LogP contribution in [0.25, 0.3) is 11.1 Å². The summed E-state index contributed by atoms with van der Waals surface area (Å²) in [5.74, 6) is 1.40. The Morgan fingerprint density at radius 1 is 1.17 bits per heavy atom. The van der Waals surface area contributed by atoms with E-state index < -0.39 is 0 Å². The van der Waals surface area contributed by atoms with E-state index in [1.807, 2.05) is 42.5 Å². The summed E-state index contributed by atoms with van der Waals surface area (Å²) in [5.41, 5.74) is 3.47. The van der Waals surface area contributed by atoms with Crippen molar-refractivity contribution in [1.82, 2.24) is 10.3 Å². The second kappa shape index (κ2) is 6.52. The van der Waals surface area contributed by atoms with E-state index in [0.29, 0.717) is 18.9 Å². The summed E-state index contributed by atoms with van der Waals surface area (Å²) >= 11 is 0. The van der Waals surface area contributed by atoms with Crippen LogP contribution in [0.5, 0.6) is 5.75 Å². The molecule has 1 N–H and O–H groups in total. The van der Waals surface area contributed by atoms with Gasteiger partial charge in [0.2, 0.25) is 5.91 Å². The first kappa shape index (κ1) is 15.1. The smallest absolute Gasteiger partial charge is 0.224 e. The van der Waals surface area contributed by atoms with Crippen LogP contribution in [0.15, 0.2) is 46.9 Å². The zero-order valence-electron chi connectivity index (χ0n) is 13.1. The molecule has 23 heavy (non-hydrogen) atoms. The van der Waals surface area contributed by atoms with Crippen molar-refractivity contribution < 1.29 is 13.9 Å². The van der Waals surface area contributed by atoms with Crippen molar-refractivity contribution in [2.75, 3.05) is 7.11 Å². The van der Waals surface area contributed by atoms with Gasteiger partial charge in [-0.05, 0) is 35.4 Å². The monoisotopic (exact) mass is 310 g/mol. The maximum atomic E-state index is 12.1. The van der Waals surface area contributed by atoms with Crippen LogP contribution in [-0.4, -0.2) is 18.0 Å². The molecule has 1 amide bonds. The summed E-state index contributed by atoms with van der Waals surface area (Å²) < 4.78 is 10.5. The van der Waals surface area contributed by atoms with E-state index in [-0.39, 0.29) is 5.91 Å². The van der Waals surface area contributed by atoms with Gasteiger partial charge in [-0.3, -0.25) is 4.79 Å². The molecule has 0 unspecified atom stereocenters. The van der Waals surface area contributed by atoms with Gasteiger partial charge in [0.15, 0.2) is 11.5 Å². The van der Waals surface area contributed by atoms with Crippen molar-refractivity contribution in [2.45, 2.75) is 19.9 Å². The molecule has 0 bridgehead atoms. The van der Waals surface area contributed by atoms with Gasteiger partial charge in [-0.1, -0.05) is 18.2 Å². The first-order chi connectivity index (χ1) is 11.1. The summed E-state index contributed by atoms with van der Waals surface area (Å²) in [4.78, 5) is 16.4. The number of oxazole rings is 1. The lowest BCUT2D eigenvalue weighted by atomic mass is 10.1. The van der Waals surface area contributed by atoms with E-state index in [4.69, 9.17) is 9.15 Å². The predicted octanol–water partition coefficient (Wildman–Crippen LogP) is 3.00. The fourth-order valence-electron chi connectivity index (χ4n) is 2.39. The molecule has 0 aliphatic carbocycles. The number of carbonyl (C=O) groups is 1. The van der Waals surface area contributed by atoms with Crippen LogP contribution in [0, 0.1) is 6.92 Å². The average Bonchev–Trinajstić information content (AvgIpc) is 2.92. The van der Waals surface area contributed by atoms with Gasteiger partial charge in [-0.15, -0.1) is 0 Å². The van der Waals surface area contributed by atoms with Crippen molar-refractivity contribution in [3.05, 3.63) is 59.5 Å². The Kier molecular flexibility index (Phi) is 4.28. The molecule has 0 spiro atoms. The van der Waals surface area contributed by atoms with Crippen LogP contribution in [0.3, 0.4) is 0 Å². The van der Waals surface area contributed by atoms with E-state index in [9.17, 15) is 4.79 Å². The van der Waals surface area contributed by atoms with Gasteiger partial charge in [0.25, 0.3) is 0 Å². The number of benzene rings is 2. The number of amides is 1. The van der Waals surface area contributed by atoms with Crippen LogP contribution in [0.1, 0.15) is 17.0 Å². The van der Waals surface area contributed by atoms with Gasteiger partial charge in [0.05, 0.1) is 13.5 Å². The number of ether oxygens (including phenoxy) is 1. The van der Waals surface area contributed by atoms with Crippen molar-refractivity contribution in [2.24, 2.45) is 0 Å². The second-order valence-corrected chi connectivity index (χ2v) is 5.34. The molecule has 3 rings (SSSR count). The van der Waals surface area contributed by atoms with Crippen LogP contribution in [-0.2, 0) is 17.8 Å². The third-order valence-electron chi connectivity index (χ3n) is 3.57. The fourth-order valence-corrected chi connectivity index (χ4v) is 2.39. The standard InChI is InChI=1S/C18H18N2O3/c1-12-20-16-9-14(5-8-17(16)23-12)10-18(21)19-11-13-3-6-15(22-2)7-4-13/h3-9H,10-11H2,1-2H3,(H,19,21). The third kappa shape index (κ3) is 3.69. The number of rotatable bonds is 5. The van der Waals surface area contributed by atoms with Crippen molar-refractivity contribution in [1.29, 1.82) is 0 Å². The quantitative estimate of drug-likeness (QED) is 0.787. The topological polar surface area (TPSA) is 64.4 Å². The molecular formula is C18H18N2O3. The molecule has 118 valence electrons. The Morgan fingerprint density at radius 2 is 1.91 bits per heavy atom. The van der Waals surface area contributed by atoms with Gasteiger partial charge >= 0.3 is 0 Å². The minimum atomic E-state index is -0.0274. The highest BCUT2D eigenvalue weighted by molar-refractivity contribution is 5.81. The molecule has 0 radical (unpaired) electrons.